The van der Waals surface area contributed by atoms with Crippen LogP contribution in [0.15, 0.2) is 48.9 Å². The minimum absolute atomic E-state index is 0.0684. The van der Waals surface area contributed by atoms with Crippen LogP contribution in [0.25, 0.3) is 5.82 Å². The highest BCUT2D eigenvalue weighted by molar-refractivity contribution is 5.96. The number of nitrogens with zero attached hydrogens (tertiary/aromatic N) is 6. The zero-order chi connectivity index (χ0) is 18.8. The number of rotatable bonds is 3. The molecule has 7 nitrogen and oxygen atoms in total. The highest BCUT2D eigenvalue weighted by Crippen LogP contribution is 2.22. The Morgan fingerprint density at radius 2 is 1.63 bits per heavy atom. The van der Waals surface area contributed by atoms with Gasteiger partial charge >= 0.3 is 0 Å². The van der Waals surface area contributed by atoms with E-state index in [1.54, 1.807) is 24.7 Å². The topological polar surface area (TPSA) is 67.2 Å². The van der Waals surface area contributed by atoms with Crippen molar-refractivity contribution in [2.45, 2.75) is 13.8 Å². The Balaban J connectivity index is 1.51. The monoisotopic (exact) mass is 362 g/mol. The van der Waals surface area contributed by atoms with Crippen LogP contribution in [0.4, 0.5) is 5.95 Å². The van der Waals surface area contributed by atoms with Gasteiger partial charge in [0.1, 0.15) is 5.82 Å². The Labute approximate surface area is 158 Å². The van der Waals surface area contributed by atoms with Crippen molar-refractivity contribution in [1.29, 1.82) is 0 Å². The van der Waals surface area contributed by atoms with Gasteiger partial charge in [-0.15, -0.1) is 0 Å². The van der Waals surface area contributed by atoms with E-state index < -0.39 is 0 Å². The number of carbonyl (C=O) groups excluding carboxylic acids is 1. The fraction of sp³-hybridized carbons (Fsp3) is 0.300. The van der Waals surface area contributed by atoms with Crippen molar-refractivity contribution in [1.82, 2.24) is 24.4 Å². The van der Waals surface area contributed by atoms with E-state index >= 15 is 0 Å². The highest BCUT2D eigenvalue weighted by atomic mass is 16.2. The lowest BCUT2D eigenvalue weighted by molar-refractivity contribution is 0.0745. The minimum atomic E-state index is 0.0684. The van der Waals surface area contributed by atoms with Crippen LogP contribution in [-0.4, -0.2) is 56.5 Å². The summed E-state index contributed by atoms with van der Waals surface area (Å²) in [6.07, 6.45) is 5.25. The predicted molar refractivity (Wildman–Crippen MR) is 103 cm³/mol. The van der Waals surface area contributed by atoms with Crippen molar-refractivity contribution in [3.05, 3.63) is 65.9 Å². The second-order valence-corrected chi connectivity index (χ2v) is 6.64. The average molecular weight is 362 g/mol. The van der Waals surface area contributed by atoms with Crippen LogP contribution in [0.2, 0.25) is 0 Å². The van der Waals surface area contributed by atoms with Gasteiger partial charge in [-0.05, 0) is 38.1 Å². The number of piperazine rings is 1. The van der Waals surface area contributed by atoms with Crippen molar-refractivity contribution >= 4 is 11.9 Å². The molecule has 1 aliphatic heterocycles. The molecule has 7 heteroatoms. The van der Waals surface area contributed by atoms with E-state index in [1.807, 2.05) is 47.6 Å². The van der Waals surface area contributed by atoms with Gasteiger partial charge in [0.15, 0.2) is 0 Å². The normalized spacial score (nSPS) is 14.4. The summed E-state index contributed by atoms with van der Waals surface area (Å²) in [5.41, 5.74) is 2.67. The van der Waals surface area contributed by atoms with E-state index in [2.05, 4.69) is 19.9 Å². The van der Waals surface area contributed by atoms with Crippen LogP contribution in [0.3, 0.4) is 0 Å². The number of hydrogen-bond donors (Lipinski definition) is 0. The molecule has 3 aromatic rings. The number of hydrogen-bond acceptors (Lipinski definition) is 5. The van der Waals surface area contributed by atoms with Gasteiger partial charge in [0.25, 0.3) is 5.91 Å². The van der Waals surface area contributed by atoms with Crippen molar-refractivity contribution < 1.29 is 4.79 Å². The van der Waals surface area contributed by atoms with Gasteiger partial charge in [-0.25, -0.2) is 15.0 Å². The third-order valence-corrected chi connectivity index (χ3v) is 4.94. The molecule has 0 spiro atoms. The van der Waals surface area contributed by atoms with Gasteiger partial charge in [-0.2, -0.15) is 0 Å². The molecule has 4 rings (SSSR count). The van der Waals surface area contributed by atoms with Crippen LogP contribution >= 0.6 is 0 Å². The highest BCUT2D eigenvalue weighted by Gasteiger charge is 2.26. The molecule has 0 bridgehead atoms. The van der Waals surface area contributed by atoms with E-state index in [0.717, 1.165) is 41.8 Å². The molecule has 0 unspecified atom stereocenters. The molecule has 3 aromatic heterocycles. The van der Waals surface area contributed by atoms with Crippen LogP contribution in [0.1, 0.15) is 21.7 Å². The van der Waals surface area contributed by atoms with Crippen LogP contribution in [0.5, 0.6) is 0 Å². The van der Waals surface area contributed by atoms with Gasteiger partial charge in [-0.1, -0.05) is 6.07 Å². The Morgan fingerprint density at radius 1 is 0.926 bits per heavy atom. The van der Waals surface area contributed by atoms with Gasteiger partial charge in [0.2, 0.25) is 5.95 Å². The Bertz CT molecular complexity index is 930. The first kappa shape index (κ1) is 17.2. The first-order chi connectivity index (χ1) is 13.1. The second-order valence-electron chi connectivity index (χ2n) is 6.64. The average Bonchev–Trinajstić information content (AvgIpc) is 3.03. The maximum atomic E-state index is 13.1. The predicted octanol–water partition coefficient (Wildman–Crippen LogP) is 2.24. The molecule has 138 valence electrons. The molecular weight excluding hydrogens is 340 g/mol. The van der Waals surface area contributed by atoms with Gasteiger partial charge < -0.3 is 14.4 Å². The molecular formula is C20H22N6O. The molecule has 0 radical (unpaired) electrons. The summed E-state index contributed by atoms with van der Waals surface area (Å²) in [5, 5.41) is 0. The Hall–Kier alpha value is -3.22. The lowest BCUT2D eigenvalue weighted by Crippen LogP contribution is -2.49. The van der Waals surface area contributed by atoms with Gasteiger partial charge in [-0.3, -0.25) is 4.79 Å². The van der Waals surface area contributed by atoms with E-state index in [1.165, 1.54) is 0 Å². The quantitative estimate of drug-likeness (QED) is 0.715. The maximum Gasteiger partial charge on any atom is 0.255 e. The summed E-state index contributed by atoms with van der Waals surface area (Å²) in [4.78, 5) is 30.1. The Kier molecular flexibility index (Phi) is 4.58. The van der Waals surface area contributed by atoms with Crippen molar-refractivity contribution in [2.75, 3.05) is 31.1 Å². The molecule has 4 heterocycles. The van der Waals surface area contributed by atoms with E-state index in [9.17, 15) is 4.79 Å². The maximum absolute atomic E-state index is 13.1. The number of pyridine rings is 1. The second kappa shape index (κ2) is 7.19. The first-order valence-electron chi connectivity index (χ1n) is 9.07. The molecule has 0 aliphatic carbocycles. The third-order valence-electron chi connectivity index (χ3n) is 4.94. The third kappa shape index (κ3) is 3.28. The minimum Gasteiger partial charge on any atom is -0.337 e. The molecule has 0 saturated carbocycles. The first-order valence-corrected chi connectivity index (χ1v) is 9.07. The summed E-state index contributed by atoms with van der Waals surface area (Å²) in [6.45, 7) is 6.75. The summed E-state index contributed by atoms with van der Waals surface area (Å²) in [7, 11) is 0. The number of amides is 1. The molecule has 0 N–H and O–H groups in total. The SMILES string of the molecule is Cc1cc(C(=O)N2CCN(c3ncccn3)CC2)c(C)n1-c1ccccn1. The zero-order valence-corrected chi connectivity index (χ0v) is 15.5. The molecule has 1 aliphatic rings. The fourth-order valence-corrected chi connectivity index (χ4v) is 3.55. The molecule has 0 aromatic carbocycles. The number of aromatic nitrogens is 4. The van der Waals surface area contributed by atoms with Gasteiger partial charge in [0.05, 0.1) is 5.56 Å². The molecule has 1 saturated heterocycles. The smallest absolute Gasteiger partial charge is 0.255 e. The van der Waals surface area contributed by atoms with Gasteiger partial charge in [0, 0.05) is 56.2 Å². The largest absolute Gasteiger partial charge is 0.337 e. The lowest BCUT2D eigenvalue weighted by atomic mass is 10.2. The number of aryl methyl sites for hydroxylation is 1. The lowest BCUT2D eigenvalue weighted by Gasteiger charge is -2.34. The molecule has 27 heavy (non-hydrogen) atoms. The molecule has 0 atom stereocenters. The zero-order valence-electron chi connectivity index (χ0n) is 15.5. The van der Waals surface area contributed by atoms with Crippen LogP contribution in [-0.2, 0) is 0 Å². The van der Waals surface area contributed by atoms with E-state index in [-0.39, 0.29) is 5.91 Å². The van der Waals surface area contributed by atoms with E-state index in [0.29, 0.717) is 13.1 Å². The van der Waals surface area contributed by atoms with Crippen LogP contribution in [0, 0.1) is 13.8 Å². The Morgan fingerprint density at radius 3 is 2.30 bits per heavy atom. The summed E-state index contributed by atoms with van der Waals surface area (Å²) >= 11 is 0. The number of carbonyl (C=O) groups is 1. The summed E-state index contributed by atoms with van der Waals surface area (Å²) in [5.74, 6) is 1.62. The standard InChI is InChI=1S/C20H22N6O/c1-15-14-17(16(2)26(15)18-6-3-4-7-21-18)19(27)24-10-12-25(13-11-24)20-22-8-5-9-23-20/h3-9,14H,10-13H2,1-2H3. The molecule has 1 amide bonds. The van der Waals surface area contributed by atoms with Crippen LogP contribution < -0.4 is 4.90 Å². The summed E-state index contributed by atoms with van der Waals surface area (Å²) in [6, 6.07) is 9.56. The van der Waals surface area contributed by atoms with E-state index in [4.69, 9.17) is 0 Å². The fourth-order valence-electron chi connectivity index (χ4n) is 3.55. The summed E-state index contributed by atoms with van der Waals surface area (Å²) < 4.78 is 2.03. The number of anilines is 1. The van der Waals surface area contributed by atoms with Crippen molar-refractivity contribution in [3.8, 4) is 5.82 Å². The van der Waals surface area contributed by atoms with Crippen molar-refractivity contribution in [3.63, 3.8) is 0 Å². The van der Waals surface area contributed by atoms with Crippen molar-refractivity contribution in [2.24, 2.45) is 0 Å². The molecule has 1 fully saturated rings.